The number of likely N-dealkylation sites (tertiary alicyclic amines) is 1. The number of pyridine rings is 1. The first-order valence-electron chi connectivity index (χ1n) is 9.25. The van der Waals surface area contributed by atoms with Gasteiger partial charge in [-0.05, 0) is 48.7 Å². The number of hydrogen-bond donors (Lipinski definition) is 0. The van der Waals surface area contributed by atoms with E-state index in [1.54, 1.807) is 24.1 Å². The molecule has 0 radical (unpaired) electrons. The smallest absolute Gasteiger partial charge is 0.254 e. The lowest BCUT2D eigenvalue weighted by Gasteiger charge is -2.53. The van der Waals surface area contributed by atoms with Gasteiger partial charge in [-0.2, -0.15) is 0 Å². The van der Waals surface area contributed by atoms with Gasteiger partial charge in [-0.1, -0.05) is 6.07 Å². The van der Waals surface area contributed by atoms with Crippen molar-refractivity contribution in [3.05, 3.63) is 65.2 Å². The number of carbonyl (C=O) groups is 1. The molecule has 0 bridgehead atoms. The molecule has 0 N–H and O–H groups in total. The van der Waals surface area contributed by atoms with E-state index in [2.05, 4.69) is 4.98 Å². The second kappa shape index (κ2) is 7.37. The molecule has 27 heavy (non-hydrogen) atoms. The molecule has 1 aromatic carbocycles. The van der Waals surface area contributed by atoms with Crippen LogP contribution in [0.15, 0.2) is 42.7 Å². The summed E-state index contributed by atoms with van der Waals surface area (Å²) in [5, 5.41) is 0. The van der Waals surface area contributed by atoms with Gasteiger partial charge in [0.25, 0.3) is 5.91 Å². The Kier molecular flexibility index (Phi) is 4.93. The fraction of sp³-hybridized carbons (Fsp3) is 0.429. The molecule has 2 saturated heterocycles. The number of carbonyl (C=O) groups excluding carboxylic acids is 1. The summed E-state index contributed by atoms with van der Waals surface area (Å²) in [7, 11) is 0. The molecule has 6 heteroatoms. The molecule has 4 rings (SSSR count). The Hall–Kier alpha value is -2.31. The minimum atomic E-state index is -0.326. The highest BCUT2D eigenvalue weighted by Crippen LogP contribution is 2.36. The lowest BCUT2D eigenvalue weighted by atomic mass is 9.84. The molecule has 1 amide bonds. The van der Waals surface area contributed by atoms with E-state index >= 15 is 0 Å². The van der Waals surface area contributed by atoms with Crippen molar-refractivity contribution in [3.8, 4) is 0 Å². The van der Waals surface area contributed by atoms with Crippen LogP contribution in [0.3, 0.4) is 0 Å². The first kappa shape index (κ1) is 18.1. The molecule has 1 spiro atoms. The van der Waals surface area contributed by atoms with Crippen LogP contribution in [0.2, 0.25) is 0 Å². The zero-order valence-electron chi connectivity index (χ0n) is 15.4. The Labute approximate surface area is 158 Å². The Morgan fingerprint density at radius 1 is 1.41 bits per heavy atom. The van der Waals surface area contributed by atoms with Gasteiger partial charge in [-0.3, -0.25) is 9.78 Å². The average Bonchev–Trinajstić information content (AvgIpc) is 2.65. The summed E-state index contributed by atoms with van der Waals surface area (Å²) in [6.45, 7) is 4.03. The summed E-state index contributed by atoms with van der Waals surface area (Å²) >= 11 is 0. The van der Waals surface area contributed by atoms with Crippen molar-refractivity contribution in [1.82, 2.24) is 9.88 Å². The molecule has 0 unspecified atom stereocenters. The lowest BCUT2D eigenvalue weighted by Crippen LogP contribution is -2.67. The molecular formula is C21H23FN2O3. The number of ether oxygens (including phenoxy) is 2. The summed E-state index contributed by atoms with van der Waals surface area (Å²) in [5.41, 5.74) is 1.94. The molecule has 2 aliphatic rings. The second-order valence-electron chi connectivity index (χ2n) is 7.44. The quantitative estimate of drug-likeness (QED) is 0.830. The van der Waals surface area contributed by atoms with E-state index < -0.39 is 0 Å². The maximum absolute atomic E-state index is 13.3. The topological polar surface area (TPSA) is 51.7 Å². The molecule has 1 aromatic heterocycles. The first-order chi connectivity index (χ1) is 13.0. The Morgan fingerprint density at radius 2 is 2.26 bits per heavy atom. The van der Waals surface area contributed by atoms with Crippen LogP contribution in [0.5, 0.6) is 0 Å². The van der Waals surface area contributed by atoms with E-state index in [1.165, 1.54) is 12.1 Å². The third kappa shape index (κ3) is 3.87. The van der Waals surface area contributed by atoms with Gasteiger partial charge in [-0.15, -0.1) is 0 Å². The Morgan fingerprint density at radius 3 is 3.00 bits per heavy atom. The van der Waals surface area contributed by atoms with E-state index in [1.807, 2.05) is 18.3 Å². The van der Waals surface area contributed by atoms with Crippen molar-refractivity contribution in [3.63, 3.8) is 0 Å². The van der Waals surface area contributed by atoms with E-state index in [4.69, 9.17) is 9.47 Å². The molecule has 5 nitrogen and oxygen atoms in total. The van der Waals surface area contributed by atoms with Crippen molar-refractivity contribution in [2.24, 2.45) is 0 Å². The maximum Gasteiger partial charge on any atom is 0.254 e. The number of aromatic nitrogens is 1. The molecular weight excluding hydrogens is 347 g/mol. The van der Waals surface area contributed by atoms with Gasteiger partial charge in [0.05, 0.1) is 25.8 Å². The van der Waals surface area contributed by atoms with E-state index in [0.717, 1.165) is 18.4 Å². The number of hydrogen-bond acceptors (Lipinski definition) is 4. The van der Waals surface area contributed by atoms with Gasteiger partial charge in [-0.25, -0.2) is 4.39 Å². The first-order valence-corrected chi connectivity index (χ1v) is 9.25. The standard InChI is InChI=1S/C21H23FN2O3/c1-15-9-17(22)4-5-19(15)20(25)24-13-21(14-24)10-18(6-8-27-21)26-12-16-3-2-7-23-11-16/h2-5,7,9,11,18H,6,8,10,12-14H2,1H3/t18-/m0/s1. The molecule has 2 aliphatic heterocycles. The fourth-order valence-corrected chi connectivity index (χ4v) is 3.87. The van der Waals surface area contributed by atoms with Gasteiger partial charge in [0.2, 0.25) is 0 Å². The monoisotopic (exact) mass is 370 g/mol. The highest BCUT2D eigenvalue weighted by molar-refractivity contribution is 5.96. The van der Waals surface area contributed by atoms with Crippen LogP contribution >= 0.6 is 0 Å². The van der Waals surface area contributed by atoms with Crippen LogP contribution in [-0.2, 0) is 16.1 Å². The highest BCUT2D eigenvalue weighted by Gasteiger charge is 2.49. The van der Waals surface area contributed by atoms with Crippen molar-refractivity contribution in [2.75, 3.05) is 19.7 Å². The molecule has 142 valence electrons. The second-order valence-corrected chi connectivity index (χ2v) is 7.44. The van der Waals surface area contributed by atoms with Crippen LogP contribution in [0.4, 0.5) is 4.39 Å². The average molecular weight is 370 g/mol. The normalized spacial score (nSPS) is 21.1. The summed E-state index contributed by atoms with van der Waals surface area (Å²) in [5.74, 6) is -0.395. The summed E-state index contributed by atoms with van der Waals surface area (Å²) in [4.78, 5) is 18.6. The van der Waals surface area contributed by atoms with Crippen LogP contribution in [-0.4, -0.2) is 47.2 Å². The van der Waals surface area contributed by atoms with E-state index in [9.17, 15) is 9.18 Å². The van der Waals surface area contributed by atoms with Gasteiger partial charge >= 0.3 is 0 Å². The van der Waals surface area contributed by atoms with E-state index in [0.29, 0.717) is 37.4 Å². The van der Waals surface area contributed by atoms with Crippen LogP contribution in [0.25, 0.3) is 0 Å². The molecule has 1 atom stereocenters. The zero-order chi connectivity index (χ0) is 18.9. The minimum absolute atomic E-state index is 0.0693. The van der Waals surface area contributed by atoms with Crippen molar-refractivity contribution >= 4 is 5.91 Å². The van der Waals surface area contributed by atoms with Gasteiger partial charge < -0.3 is 14.4 Å². The fourth-order valence-electron chi connectivity index (χ4n) is 3.87. The highest BCUT2D eigenvalue weighted by atomic mass is 19.1. The zero-order valence-corrected chi connectivity index (χ0v) is 15.4. The summed E-state index contributed by atoms with van der Waals surface area (Å²) in [6, 6.07) is 8.17. The largest absolute Gasteiger partial charge is 0.373 e. The molecule has 0 saturated carbocycles. The van der Waals surface area contributed by atoms with Crippen LogP contribution in [0, 0.1) is 12.7 Å². The number of benzene rings is 1. The van der Waals surface area contributed by atoms with Gasteiger partial charge in [0.1, 0.15) is 11.4 Å². The van der Waals surface area contributed by atoms with Gasteiger partial charge in [0, 0.05) is 31.0 Å². The lowest BCUT2D eigenvalue weighted by molar-refractivity contribution is -0.188. The maximum atomic E-state index is 13.3. The SMILES string of the molecule is Cc1cc(F)ccc1C(=O)N1CC2(C[C@@H](OCc3cccnc3)CCO2)C1. The summed E-state index contributed by atoms with van der Waals surface area (Å²) in [6.07, 6.45) is 5.30. The van der Waals surface area contributed by atoms with Crippen molar-refractivity contribution < 1.29 is 18.7 Å². The number of halogens is 1. The molecule has 2 fully saturated rings. The molecule has 3 heterocycles. The van der Waals surface area contributed by atoms with Crippen LogP contribution in [0.1, 0.15) is 34.3 Å². The third-order valence-electron chi connectivity index (χ3n) is 5.32. The van der Waals surface area contributed by atoms with Crippen molar-refractivity contribution in [1.29, 1.82) is 0 Å². The van der Waals surface area contributed by atoms with E-state index in [-0.39, 0.29) is 23.4 Å². The number of nitrogens with zero attached hydrogens (tertiary/aromatic N) is 2. The number of amides is 1. The molecule has 2 aromatic rings. The Balaban J connectivity index is 1.33. The molecule has 0 aliphatic carbocycles. The predicted molar refractivity (Wildman–Crippen MR) is 97.8 cm³/mol. The number of rotatable bonds is 4. The van der Waals surface area contributed by atoms with Crippen LogP contribution < -0.4 is 0 Å². The van der Waals surface area contributed by atoms with Gasteiger partial charge in [0.15, 0.2) is 0 Å². The number of aryl methyl sites for hydroxylation is 1. The Bertz CT molecular complexity index is 821. The minimum Gasteiger partial charge on any atom is -0.373 e. The third-order valence-corrected chi connectivity index (χ3v) is 5.32. The predicted octanol–water partition coefficient (Wildman–Crippen LogP) is 3.12. The van der Waals surface area contributed by atoms with Crippen molar-refractivity contribution in [2.45, 2.75) is 38.1 Å². The summed E-state index contributed by atoms with van der Waals surface area (Å²) < 4.78 is 25.3.